The second-order valence-corrected chi connectivity index (χ2v) is 6.67. The number of rotatable bonds is 4. The van der Waals surface area contributed by atoms with Gasteiger partial charge in [-0.2, -0.15) is 5.10 Å². The first-order valence-electron chi connectivity index (χ1n) is 8.85. The zero-order chi connectivity index (χ0) is 17.2. The van der Waals surface area contributed by atoms with Gasteiger partial charge in [0.15, 0.2) is 5.82 Å². The van der Waals surface area contributed by atoms with Gasteiger partial charge in [0.05, 0.1) is 6.04 Å². The summed E-state index contributed by atoms with van der Waals surface area (Å²) in [5, 5.41) is 10.4. The van der Waals surface area contributed by atoms with E-state index in [1.165, 1.54) is 17.5 Å². The number of ether oxygens (including phenoxy) is 1. The topological polar surface area (TPSA) is 81.1 Å². The molecular formula is C18H23N5O2. The summed E-state index contributed by atoms with van der Waals surface area (Å²) in [5.74, 6) is 1.47. The van der Waals surface area contributed by atoms with Gasteiger partial charge in [0.1, 0.15) is 12.4 Å². The molecule has 0 spiro atoms. The van der Waals surface area contributed by atoms with E-state index in [0.717, 1.165) is 43.7 Å². The van der Waals surface area contributed by atoms with Crippen LogP contribution in [-0.4, -0.2) is 27.9 Å². The fraction of sp³-hybridized carbons (Fsp3) is 0.500. The van der Waals surface area contributed by atoms with Crippen molar-refractivity contribution in [3.05, 3.63) is 41.0 Å². The Balaban J connectivity index is 1.43. The number of benzene rings is 1. The van der Waals surface area contributed by atoms with Crippen molar-refractivity contribution in [3.63, 3.8) is 0 Å². The first-order valence-corrected chi connectivity index (χ1v) is 8.85. The minimum Gasteiger partial charge on any atom is -0.377 e. The lowest BCUT2D eigenvalue weighted by atomic mass is 10.1. The number of anilines is 1. The zero-order valence-electron chi connectivity index (χ0n) is 14.4. The van der Waals surface area contributed by atoms with Crippen molar-refractivity contribution >= 4 is 11.7 Å². The van der Waals surface area contributed by atoms with E-state index in [2.05, 4.69) is 32.8 Å². The fourth-order valence-corrected chi connectivity index (χ4v) is 3.70. The van der Waals surface area contributed by atoms with Crippen LogP contribution in [0.5, 0.6) is 0 Å². The van der Waals surface area contributed by atoms with E-state index in [1.807, 2.05) is 10.7 Å². The fourth-order valence-electron chi connectivity index (χ4n) is 3.70. The molecule has 0 saturated carbocycles. The number of hydrogen-bond donors (Lipinski definition) is 2. The van der Waals surface area contributed by atoms with Crippen molar-refractivity contribution in [1.82, 2.24) is 20.1 Å². The Labute approximate surface area is 146 Å². The number of carbonyl (C=O) groups excluding carboxylic acids is 1. The monoisotopic (exact) mass is 341 g/mol. The van der Waals surface area contributed by atoms with E-state index in [9.17, 15) is 4.79 Å². The number of urea groups is 1. The second kappa shape index (κ2) is 6.84. The molecule has 2 N–H and O–H groups in total. The minimum absolute atomic E-state index is 0.124. The van der Waals surface area contributed by atoms with Crippen molar-refractivity contribution in [2.24, 2.45) is 0 Å². The van der Waals surface area contributed by atoms with Crippen LogP contribution >= 0.6 is 0 Å². The van der Waals surface area contributed by atoms with E-state index in [0.29, 0.717) is 12.4 Å². The predicted octanol–water partition coefficient (Wildman–Crippen LogP) is 2.57. The summed E-state index contributed by atoms with van der Waals surface area (Å²) in [6.45, 7) is 1.21. The van der Waals surface area contributed by atoms with Gasteiger partial charge < -0.3 is 15.4 Å². The Morgan fingerprint density at radius 2 is 2.20 bits per heavy atom. The molecule has 0 radical (unpaired) electrons. The summed E-state index contributed by atoms with van der Waals surface area (Å²) in [5.41, 5.74) is 3.59. The molecule has 0 saturated heterocycles. The number of nitrogens with zero attached hydrogens (tertiary/aromatic N) is 3. The highest BCUT2D eigenvalue weighted by molar-refractivity contribution is 5.89. The van der Waals surface area contributed by atoms with Gasteiger partial charge in [0.25, 0.3) is 0 Å². The molecular weight excluding hydrogens is 318 g/mol. The zero-order valence-corrected chi connectivity index (χ0v) is 14.4. The summed E-state index contributed by atoms with van der Waals surface area (Å²) >= 11 is 0. The first-order chi connectivity index (χ1) is 12.2. The van der Waals surface area contributed by atoms with E-state index in [4.69, 9.17) is 4.74 Å². The number of fused-ring (bicyclic) bond motifs is 2. The smallest absolute Gasteiger partial charge is 0.319 e. The summed E-state index contributed by atoms with van der Waals surface area (Å²) in [6.07, 6.45) is 5.27. The Morgan fingerprint density at radius 1 is 1.32 bits per heavy atom. The van der Waals surface area contributed by atoms with E-state index < -0.39 is 0 Å². The van der Waals surface area contributed by atoms with Crippen molar-refractivity contribution < 1.29 is 9.53 Å². The van der Waals surface area contributed by atoms with Crippen LogP contribution in [0.3, 0.4) is 0 Å². The SMILES string of the molecule is COCc1nc2n(n1)CCCC2NC(=O)Nc1ccc2c(c1)CCC2. The average molecular weight is 341 g/mol. The van der Waals surface area contributed by atoms with E-state index in [1.54, 1.807) is 7.11 Å². The molecule has 2 amide bonds. The number of amides is 2. The van der Waals surface area contributed by atoms with Crippen molar-refractivity contribution in [2.45, 2.75) is 51.3 Å². The lowest BCUT2D eigenvalue weighted by molar-refractivity contribution is 0.177. The van der Waals surface area contributed by atoms with Crippen molar-refractivity contribution in [3.8, 4) is 0 Å². The molecule has 1 aromatic carbocycles. The third-order valence-corrected chi connectivity index (χ3v) is 4.85. The number of nitrogens with one attached hydrogen (secondary N) is 2. The van der Waals surface area contributed by atoms with Gasteiger partial charge in [-0.15, -0.1) is 0 Å². The predicted molar refractivity (Wildman–Crippen MR) is 93.3 cm³/mol. The van der Waals surface area contributed by atoms with Crippen LogP contribution in [0.25, 0.3) is 0 Å². The number of aryl methyl sites for hydroxylation is 3. The van der Waals surface area contributed by atoms with Crippen LogP contribution < -0.4 is 10.6 Å². The highest BCUT2D eigenvalue weighted by Crippen LogP contribution is 2.26. The lowest BCUT2D eigenvalue weighted by Crippen LogP contribution is -2.36. The largest absolute Gasteiger partial charge is 0.377 e. The summed E-state index contributed by atoms with van der Waals surface area (Å²) in [6, 6.07) is 5.85. The molecule has 4 rings (SSSR count). The summed E-state index contributed by atoms with van der Waals surface area (Å²) in [4.78, 5) is 16.9. The molecule has 2 heterocycles. The van der Waals surface area contributed by atoms with Crippen LogP contribution in [0.1, 0.15) is 48.1 Å². The van der Waals surface area contributed by atoms with Crippen molar-refractivity contribution in [2.75, 3.05) is 12.4 Å². The quantitative estimate of drug-likeness (QED) is 0.895. The maximum atomic E-state index is 12.4. The van der Waals surface area contributed by atoms with Crippen LogP contribution in [0, 0.1) is 0 Å². The number of carbonyl (C=O) groups is 1. The minimum atomic E-state index is -0.201. The third kappa shape index (κ3) is 3.37. The lowest BCUT2D eigenvalue weighted by Gasteiger charge is -2.23. The summed E-state index contributed by atoms with van der Waals surface area (Å²) < 4.78 is 6.97. The first kappa shape index (κ1) is 16.1. The molecule has 1 aliphatic carbocycles. The van der Waals surface area contributed by atoms with Crippen LogP contribution in [0.15, 0.2) is 18.2 Å². The Bertz CT molecular complexity index is 786. The van der Waals surface area contributed by atoms with Crippen LogP contribution in [0.4, 0.5) is 10.5 Å². The third-order valence-electron chi connectivity index (χ3n) is 4.85. The van der Waals surface area contributed by atoms with Crippen molar-refractivity contribution in [1.29, 1.82) is 0 Å². The molecule has 7 nitrogen and oxygen atoms in total. The van der Waals surface area contributed by atoms with Gasteiger partial charge in [0.2, 0.25) is 0 Å². The van der Waals surface area contributed by atoms with Gasteiger partial charge in [-0.05, 0) is 55.4 Å². The molecule has 25 heavy (non-hydrogen) atoms. The molecule has 1 aromatic heterocycles. The highest BCUT2D eigenvalue weighted by Gasteiger charge is 2.25. The molecule has 2 aromatic rings. The molecule has 1 unspecified atom stereocenters. The van der Waals surface area contributed by atoms with Gasteiger partial charge in [-0.1, -0.05) is 6.07 Å². The Kier molecular flexibility index (Phi) is 4.40. The molecule has 0 fully saturated rings. The van der Waals surface area contributed by atoms with E-state index >= 15 is 0 Å². The molecule has 1 atom stereocenters. The van der Waals surface area contributed by atoms with Crippen LogP contribution in [-0.2, 0) is 30.7 Å². The van der Waals surface area contributed by atoms with Gasteiger partial charge in [-0.25, -0.2) is 14.5 Å². The van der Waals surface area contributed by atoms with Crippen LogP contribution in [0.2, 0.25) is 0 Å². The van der Waals surface area contributed by atoms with E-state index in [-0.39, 0.29) is 12.1 Å². The molecule has 0 bridgehead atoms. The number of methoxy groups -OCH3 is 1. The Morgan fingerprint density at radius 3 is 3.08 bits per heavy atom. The molecule has 2 aliphatic rings. The molecule has 7 heteroatoms. The maximum Gasteiger partial charge on any atom is 0.319 e. The number of aromatic nitrogens is 3. The second-order valence-electron chi connectivity index (χ2n) is 6.67. The standard InChI is InChI=1S/C18H23N5O2/c1-25-11-16-21-17-15(6-3-9-23(17)22-16)20-18(24)19-14-8-7-12-4-2-5-13(12)10-14/h7-8,10,15H,2-6,9,11H2,1H3,(H2,19,20,24). The molecule has 132 valence electrons. The molecule has 1 aliphatic heterocycles. The average Bonchev–Trinajstić information content (AvgIpc) is 3.21. The maximum absolute atomic E-state index is 12.4. The normalized spacial score (nSPS) is 18.5. The van der Waals surface area contributed by atoms with Gasteiger partial charge >= 0.3 is 6.03 Å². The van der Waals surface area contributed by atoms with Gasteiger partial charge in [0, 0.05) is 19.3 Å². The highest BCUT2D eigenvalue weighted by atomic mass is 16.5. The Hall–Kier alpha value is -2.41. The van der Waals surface area contributed by atoms with Gasteiger partial charge in [-0.3, -0.25) is 0 Å². The number of hydrogen-bond acceptors (Lipinski definition) is 4. The summed E-state index contributed by atoms with van der Waals surface area (Å²) in [7, 11) is 1.62.